The fourth-order valence-corrected chi connectivity index (χ4v) is 3.04. The van der Waals surface area contributed by atoms with E-state index in [1.54, 1.807) is 6.20 Å². The molecule has 0 fully saturated rings. The molecule has 0 amide bonds. The van der Waals surface area contributed by atoms with Gasteiger partial charge in [-0.25, -0.2) is 4.68 Å². The van der Waals surface area contributed by atoms with Crippen molar-refractivity contribution in [2.75, 3.05) is 0 Å². The van der Waals surface area contributed by atoms with E-state index in [-0.39, 0.29) is 0 Å². The fourth-order valence-electron chi connectivity index (χ4n) is 3.04. The summed E-state index contributed by atoms with van der Waals surface area (Å²) in [5.74, 6) is 1.17. The second kappa shape index (κ2) is 14.8. The maximum absolute atomic E-state index is 4.37. The van der Waals surface area contributed by atoms with Crippen LogP contribution in [0.5, 0.6) is 0 Å². The average Bonchev–Trinajstić information content (AvgIpc) is 3.54. The van der Waals surface area contributed by atoms with E-state index in [0.717, 1.165) is 11.4 Å². The van der Waals surface area contributed by atoms with Crippen LogP contribution in [0.4, 0.5) is 0 Å². The van der Waals surface area contributed by atoms with Gasteiger partial charge in [0, 0.05) is 31.2 Å². The topological polar surface area (TPSA) is 35.6 Å². The number of aromatic nitrogens is 4. The van der Waals surface area contributed by atoms with Gasteiger partial charge in [-0.3, -0.25) is 4.68 Å². The molecule has 0 aliphatic carbocycles. The quantitative estimate of drug-likeness (QED) is 0.316. The van der Waals surface area contributed by atoms with Crippen molar-refractivity contribution < 1.29 is 0 Å². The van der Waals surface area contributed by atoms with Crippen molar-refractivity contribution in [3.05, 3.63) is 90.4 Å². The molecule has 4 heteroatoms. The fraction of sp³-hybridized carbons (Fsp3) is 0.379. The molecular formula is C29H42N4. The first-order valence-corrected chi connectivity index (χ1v) is 12.1. The van der Waals surface area contributed by atoms with Gasteiger partial charge in [0.1, 0.15) is 0 Å². The molecule has 0 atom stereocenters. The third kappa shape index (κ3) is 8.72. The minimum Gasteiger partial charge on any atom is -0.275 e. The Kier molecular flexibility index (Phi) is 12.5. The molecule has 4 rings (SSSR count). The minimum absolute atomic E-state index is 0.585. The lowest BCUT2D eigenvalue weighted by atomic mass is 10.0. The monoisotopic (exact) mass is 446 g/mol. The minimum atomic E-state index is 0.585. The molecule has 2 aromatic heterocycles. The highest BCUT2D eigenvalue weighted by molar-refractivity contribution is 5.58. The SMILES string of the molecule is CC.CC.CC(C)c1ccc(-c2ccn(C)n2)cc1.CC(C)c1ccc(-n2cccn2)cc1. The Hall–Kier alpha value is -3.14. The molecule has 178 valence electrons. The summed E-state index contributed by atoms with van der Waals surface area (Å²) in [5, 5.41) is 8.55. The largest absolute Gasteiger partial charge is 0.275 e. The molecule has 0 unspecified atom stereocenters. The van der Waals surface area contributed by atoms with Crippen molar-refractivity contribution in [1.29, 1.82) is 0 Å². The van der Waals surface area contributed by atoms with Crippen LogP contribution in [0.1, 0.15) is 78.4 Å². The van der Waals surface area contributed by atoms with Crippen LogP contribution in [-0.2, 0) is 7.05 Å². The van der Waals surface area contributed by atoms with Crippen molar-refractivity contribution in [2.45, 2.75) is 67.2 Å². The molecule has 0 spiro atoms. The highest BCUT2D eigenvalue weighted by Gasteiger charge is 2.03. The molecule has 2 heterocycles. The zero-order chi connectivity index (χ0) is 24.8. The Labute approximate surface area is 201 Å². The molecule has 0 aliphatic heterocycles. The first-order valence-electron chi connectivity index (χ1n) is 12.1. The first-order chi connectivity index (χ1) is 15.9. The van der Waals surface area contributed by atoms with Crippen molar-refractivity contribution >= 4 is 0 Å². The summed E-state index contributed by atoms with van der Waals surface area (Å²) in [7, 11) is 1.94. The number of nitrogens with zero attached hydrogens (tertiary/aromatic N) is 4. The van der Waals surface area contributed by atoms with Gasteiger partial charge in [0.05, 0.1) is 11.4 Å². The number of hydrogen-bond donors (Lipinski definition) is 0. The predicted molar refractivity (Wildman–Crippen MR) is 143 cm³/mol. The lowest BCUT2D eigenvalue weighted by molar-refractivity contribution is 0.771. The van der Waals surface area contributed by atoms with E-state index < -0.39 is 0 Å². The summed E-state index contributed by atoms with van der Waals surface area (Å²) in [6.07, 6.45) is 5.70. The zero-order valence-electron chi connectivity index (χ0n) is 21.9. The molecular weight excluding hydrogens is 404 g/mol. The van der Waals surface area contributed by atoms with E-state index in [1.807, 2.05) is 68.6 Å². The lowest BCUT2D eigenvalue weighted by Crippen LogP contribution is -1.94. The van der Waals surface area contributed by atoms with Crippen LogP contribution in [-0.4, -0.2) is 19.6 Å². The van der Waals surface area contributed by atoms with Gasteiger partial charge >= 0.3 is 0 Å². The molecule has 2 aromatic carbocycles. The van der Waals surface area contributed by atoms with E-state index in [0.29, 0.717) is 11.8 Å². The molecule has 33 heavy (non-hydrogen) atoms. The standard InChI is InChI=1S/C13H16N2.C12H14N2.2C2H6/c1-10(2)11-4-6-12(7-5-11)13-8-9-15(3)14-13;1-10(2)11-4-6-12(7-5-11)14-9-3-8-13-14;2*1-2/h4-10H,1-3H3;3-10H,1-2H3;2*1-2H3. The van der Waals surface area contributed by atoms with Crippen molar-refractivity contribution in [3.63, 3.8) is 0 Å². The summed E-state index contributed by atoms with van der Waals surface area (Å²) in [6.45, 7) is 16.8. The van der Waals surface area contributed by atoms with Crippen molar-refractivity contribution in [1.82, 2.24) is 19.6 Å². The second-order valence-electron chi connectivity index (χ2n) is 7.85. The number of aryl methyl sites for hydroxylation is 1. The molecule has 0 bridgehead atoms. The summed E-state index contributed by atoms with van der Waals surface area (Å²) in [4.78, 5) is 0. The van der Waals surface area contributed by atoms with Crippen LogP contribution in [0, 0.1) is 0 Å². The number of rotatable bonds is 4. The molecule has 0 aliphatic rings. The first kappa shape index (κ1) is 27.9. The Morgan fingerprint density at radius 3 is 1.58 bits per heavy atom. The Morgan fingerprint density at radius 2 is 1.18 bits per heavy atom. The Bertz CT molecular complexity index is 993. The maximum atomic E-state index is 4.37. The normalized spacial score (nSPS) is 9.91. The summed E-state index contributed by atoms with van der Waals surface area (Å²) in [6, 6.07) is 21.1. The van der Waals surface area contributed by atoms with Crippen LogP contribution in [0.25, 0.3) is 16.9 Å². The van der Waals surface area contributed by atoms with Crippen LogP contribution in [0.15, 0.2) is 79.3 Å². The zero-order valence-corrected chi connectivity index (χ0v) is 21.9. The van der Waals surface area contributed by atoms with Gasteiger partial charge < -0.3 is 0 Å². The van der Waals surface area contributed by atoms with E-state index in [4.69, 9.17) is 0 Å². The molecule has 0 saturated carbocycles. The van der Waals surface area contributed by atoms with Gasteiger partial charge in [0.2, 0.25) is 0 Å². The smallest absolute Gasteiger partial charge is 0.0923 e. The van der Waals surface area contributed by atoms with Gasteiger partial charge in [-0.15, -0.1) is 0 Å². The van der Waals surface area contributed by atoms with Gasteiger partial charge in [0.15, 0.2) is 0 Å². The maximum Gasteiger partial charge on any atom is 0.0923 e. The molecule has 0 saturated heterocycles. The molecule has 0 radical (unpaired) electrons. The van der Waals surface area contributed by atoms with Crippen molar-refractivity contribution in [2.24, 2.45) is 7.05 Å². The van der Waals surface area contributed by atoms with Crippen LogP contribution in [0.3, 0.4) is 0 Å². The summed E-state index contributed by atoms with van der Waals surface area (Å²) in [5.41, 5.74) is 6.06. The van der Waals surface area contributed by atoms with E-state index in [2.05, 4.69) is 86.4 Å². The average molecular weight is 447 g/mol. The lowest BCUT2D eigenvalue weighted by Gasteiger charge is -2.06. The highest BCUT2D eigenvalue weighted by Crippen LogP contribution is 2.21. The molecule has 4 aromatic rings. The van der Waals surface area contributed by atoms with E-state index >= 15 is 0 Å². The highest BCUT2D eigenvalue weighted by atomic mass is 15.3. The van der Waals surface area contributed by atoms with Gasteiger partial charge in [-0.1, -0.05) is 91.8 Å². The molecule has 0 N–H and O–H groups in total. The Balaban J connectivity index is 0.000000288. The van der Waals surface area contributed by atoms with Gasteiger partial charge in [0.25, 0.3) is 0 Å². The second-order valence-corrected chi connectivity index (χ2v) is 7.85. The number of hydrogen-bond acceptors (Lipinski definition) is 2. The third-order valence-corrected chi connectivity index (χ3v) is 4.92. The van der Waals surface area contributed by atoms with E-state index in [9.17, 15) is 0 Å². The van der Waals surface area contributed by atoms with Gasteiger partial charge in [-0.05, 0) is 47.2 Å². The summed E-state index contributed by atoms with van der Waals surface area (Å²) >= 11 is 0. The van der Waals surface area contributed by atoms with Crippen LogP contribution < -0.4 is 0 Å². The van der Waals surface area contributed by atoms with Crippen LogP contribution >= 0.6 is 0 Å². The molecule has 4 nitrogen and oxygen atoms in total. The van der Waals surface area contributed by atoms with Gasteiger partial charge in [-0.2, -0.15) is 10.2 Å². The number of benzene rings is 2. The predicted octanol–water partition coefficient (Wildman–Crippen LogP) is 8.26. The third-order valence-electron chi connectivity index (χ3n) is 4.92. The van der Waals surface area contributed by atoms with Crippen LogP contribution in [0.2, 0.25) is 0 Å². The summed E-state index contributed by atoms with van der Waals surface area (Å²) < 4.78 is 3.69. The van der Waals surface area contributed by atoms with Crippen molar-refractivity contribution in [3.8, 4) is 16.9 Å². The van der Waals surface area contributed by atoms with E-state index in [1.165, 1.54) is 16.7 Å². The Morgan fingerprint density at radius 1 is 0.667 bits per heavy atom.